The second kappa shape index (κ2) is 33.6. The molecule has 4 heterocycles. The summed E-state index contributed by atoms with van der Waals surface area (Å²) in [6, 6.07) is -7.03. The maximum atomic E-state index is 14.6. The zero-order chi connectivity index (χ0) is 70.6. The fraction of sp³-hybridized carbons (Fsp3) is 0.736. The SMILES string of the molecule is CCC[C@H](NC(=O)[C@@H]1[C@H]2CCC[C@H]2CN1C(=O)[C@@H](NC(=O)[C@@H](NC(=O)c1cnccn1)C1CCCCC1)C(C)(C)C)C(=O)C(=O)NC1CC1.CCC[C@H](NC(=O)[C@@H]1[C@H]2CCC[C@H]2CN1C(=O)[C@@H](NC(=O)[C@@H](NC(=O)c1cnccn1)C1CCCCC1)C(C)(C)C)C(O)C(=O)NC1CC1. The van der Waals surface area contributed by atoms with Crippen molar-refractivity contribution in [3.8, 4) is 0 Å². The highest BCUT2D eigenvalue weighted by molar-refractivity contribution is 6.38. The monoisotopic (exact) mass is 1360 g/mol. The Labute approximate surface area is 576 Å². The Balaban J connectivity index is 0.000000229. The number of hydrogen-bond donors (Lipinski definition) is 9. The molecule has 98 heavy (non-hydrogen) atoms. The number of aliphatic hydroxyl groups excluding tert-OH is 1. The van der Waals surface area contributed by atoms with E-state index in [0.717, 1.165) is 128 Å². The number of Topliss-reactive ketones (excluding diaryl/α,β-unsaturated/α-hetero) is 1. The Kier molecular flexibility index (Phi) is 25.6. The molecule has 9 N–H and O–H groups in total. The average molecular weight is 1360 g/mol. The van der Waals surface area contributed by atoms with Gasteiger partial charge in [-0.05, 0) is 136 Å². The van der Waals surface area contributed by atoms with Gasteiger partial charge in [0.05, 0.1) is 24.5 Å². The van der Waals surface area contributed by atoms with Gasteiger partial charge in [0, 0.05) is 50.0 Å². The molecule has 13 atom stereocenters. The molecule has 1 unspecified atom stereocenters. The van der Waals surface area contributed by atoms with E-state index in [9.17, 15) is 57.8 Å². The van der Waals surface area contributed by atoms with Gasteiger partial charge >= 0.3 is 0 Å². The maximum absolute atomic E-state index is 14.6. The van der Waals surface area contributed by atoms with Gasteiger partial charge in [-0.1, -0.05) is 120 Å². The molecule has 0 radical (unpaired) electrons. The highest BCUT2D eigenvalue weighted by atomic mass is 16.3. The number of rotatable bonds is 26. The van der Waals surface area contributed by atoms with Crippen molar-refractivity contribution in [3.63, 3.8) is 0 Å². The lowest BCUT2D eigenvalue weighted by Crippen LogP contribution is -2.62. The van der Waals surface area contributed by atoms with E-state index in [1.54, 1.807) is 9.80 Å². The quantitative estimate of drug-likeness (QED) is 0.0577. The molecule has 10 rings (SSSR count). The van der Waals surface area contributed by atoms with Gasteiger partial charge in [-0.25, -0.2) is 9.97 Å². The largest absolute Gasteiger partial charge is 0.381 e. The van der Waals surface area contributed by atoms with Crippen LogP contribution >= 0.6 is 0 Å². The van der Waals surface area contributed by atoms with Gasteiger partial charge in [0.2, 0.25) is 41.2 Å². The first kappa shape index (κ1) is 74.7. The van der Waals surface area contributed by atoms with Crippen LogP contribution in [0.1, 0.15) is 230 Å². The third kappa shape index (κ3) is 19.1. The topological polar surface area (TPSA) is 362 Å². The number of likely N-dealkylation sites (tertiary alicyclic amines) is 2. The molecule has 0 bridgehead atoms. The van der Waals surface area contributed by atoms with Gasteiger partial charge in [-0.3, -0.25) is 62.7 Å². The second-order valence-electron chi connectivity index (χ2n) is 31.2. The summed E-state index contributed by atoms with van der Waals surface area (Å²) < 4.78 is 0. The summed E-state index contributed by atoms with van der Waals surface area (Å²) in [5.74, 6) is -5.38. The van der Waals surface area contributed by atoms with Crippen LogP contribution in [0.5, 0.6) is 0 Å². The predicted molar refractivity (Wildman–Crippen MR) is 362 cm³/mol. The van der Waals surface area contributed by atoms with E-state index in [4.69, 9.17) is 0 Å². The Morgan fingerprint density at radius 3 is 1.32 bits per heavy atom. The van der Waals surface area contributed by atoms with Gasteiger partial charge in [0.25, 0.3) is 23.6 Å². The number of fused-ring (bicyclic) bond motifs is 2. The lowest BCUT2D eigenvalue weighted by atomic mass is 9.82. The van der Waals surface area contributed by atoms with Crippen LogP contribution in [0.2, 0.25) is 0 Å². The first-order valence-corrected chi connectivity index (χ1v) is 36.6. The van der Waals surface area contributed by atoms with E-state index in [-0.39, 0.29) is 76.7 Å². The third-order valence-electron chi connectivity index (χ3n) is 21.5. The highest BCUT2D eigenvalue weighted by Crippen LogP contribution is 2.45. The van der Waals surface area contributed by atoms with Crippen LogP contribution < -0.4 is 42.5 Å². The first-order valence-electron chi connectivity index (χ1n) is 36.6. The molecule has 538 valence electrons. The fourth-order valence-electron chi connectivity index (χ4n) is 15.9. The molecule has 10 amide bonds. The molecule has 26 nitrogen and oxygen atoms in total. The van der Waals surface area contributed by atoms with Gasteiger partial charge in [-0.2, -0.15) is 0 Å². The van der Waals surface area contributed by atoms with E-state index in [2.05, 4.69) is 62.5 Å². The standard InChI is InChI=1S/C36H55N7O6.C36H53N7O6/c2*1-5-10-25(29(44)34(48)39-23-15-16-23)40-33(47)28-24-14-9-13-22(24)20-43(28)35(49)30(36(2,3)4)42-32(46)27(21-11-7-6-8-12-21)41-31(45)26-19-37-17-18-38-26/h17-19,21-25,27-30,44H,5-16,20H2,1-4H3,(H,39,48)(H,40,47)(H,41,45)(H,42,46);17-19,21-25,27-28,30H,5-16,20H2,1-4H3,(H,39,48)(H,40,47)(H,41,45)(H,42,46)/t22-,24-,25-,27-,28-,29?,30+;22-,24-,25-,27-,28-,30+/m00/s1. The number of nitrogens with zero attached hydrogens (tertiary/aromatic N) is 6. The summed E-state index contributed by atoms with van der Waals surface area (Å²) in [4.78, 5) is 170. The van der Waals surface area contributed by atoms with Crippen molar-refractivity contribution in [2.45, 2.75) is 276 Å². The van der Waals surface area contributed by atoms with Crippen LogP contribution in [0.15, 0.2) is 37.2 Å². The minimum atomic E-state index is -1.40. The van der Waals surface area contributed by atoms with Crippen LogP contribution in [0.4, 0.5) is 0 Å². The van der Waals surface area contributed by atoms with Crippen LogP contribution in [0.25, 0.3) is 0 Å². The second-order valence-corrected chi connectivity index (χ2v) is 31.2. The van der Waals surface area contributed by atoms with Crippen LogP contribution in [-0.4, -0.2) is 179 Å². The smallest absolute Gasteiger partial charge is 0.289 e. The lowest BCUT2D eigenvalue weighted by Gasteiger charge is -2.38. The zero-order valence-electron chi connectivity index (χ0n) is 58.8. The van der Waals surface area contributed by atoms with Crippen LogP contribution in [-0.2, 0) is 43.2 Å². The molecule has 0 aromatic carbocycles. The van der Waals surface area contributed by atoms with Crippen molar-refractivity contribution in [1.82, 2.24) is 72.3 Å². The molecule has 0 spiro atoms. The normalized spacial score (nSPS) is 24.6. The Morgan fingerprint density at radius 1 is 0.490 bits per heavy atom. The van der Waals surface area contributed by atoms with E-state index in [1.807, 2.05) is 55.4 Å². The number of ketones is 1. The van der Waals surface area contributed by atoms with Gasteiger partial charge in [0.1, 0.15) is 47.6 Å². The van der Waals surface area contributed by atoms with Gasteiger partial charge < -0.3 is 57.4 Å². The molecule has 2 aliphatic heterocycles. The van der Waals surface area contributed by atoms with Crippen LogP contribution in [0.3, 0.4) is 0 Å². The van der Waals surface area contributed by atoms with Crippen molar-refractivity contribution in [1.29, 1.82) is 0 Å². The molecule has 8 fully saturated rings. The summed E-state index contributed by atoms with van der Waals surface area (Å²) in [6.45, 7) is 15.8. The molecule has 8 aliphatic rings. The Hall–Kier alpha value is -7.51. The number of aliphatic hydroxyl groups is 1. The lowest BCUT2D eigenvalue weighted by molar-refractivity contribution is -0.146. The molecule has 26 heteroatoms. The third-order valence-corrected chi connectivity index (χ3v) is 21.5. The number of aromatic nitrogens is 4. The van der Waals surface area contributed by atoms with Crippen LogP contribution in [0, 0.1) is 46.3 Å². The molecule has 2 aromatic heterocycles. The summed E-state index contributed by atoms with van der Waals surface area (Å²) in [6.07, 6.45) is 26.7. The summed E-state index contributed by atoms with van der Waals surface area (Å²) in [7, 11) is 0. The molecule has 6 saturated carbocycles. The number of carbonyl (C=O) groups is 11. The zero-order valence-corrected chi connectivity index (χ0v) is 58.8. The minimum absolute atomic E-state index is 0.0132. The van der Waals surface area contributed by atoms with Gasteiger partial charge in [-0.15, -0.1) is 0 Å². The maximum Gasteiger partial charge on any atom is 0.289 e. The van der Waals surface area contributed by atoms with Crippen molar-refractivity contribution in [2.75, 3.05) is 13.1 Å². The fourth-order valence-corrected chi connectivity index (χ4v) is 15.9. The summed E-state index contributed by atoms with van der Waals surface area (Å²) in [5.41, 5.74) is -1.26. The van der Waals surface area contributed by atoms with E-state index < -0.39 is 112 Å². The first-order chi connectivity index (χ1) is 46.8. The predicted octanol–water partition coefficient (Wildman–Crippen LogP) is 4.68. The molecular weight excluding hydrogens is 1250 g/mol. The minimum Gasteiger partial charge on any atom is -0.381 e. The molecule has 2 aromatic rings. The van der Waals surface area contributed by atoms with E-state index in [0.29, 0.717) is 38.8 Å². The molecule has 6 aliphatic carbocycles. The van der Waals surface area contributed by atoms with Crippen molar-refractivity contribution in [3.05, 3.63) is 48.6 Å². The average Bonchev–Trinajstić information content (AvgIpc) is 1.61. The Bertz CT molecular complexity index is 3140. The number of hydrogen-bond acceptors (Lipinski definition) is 16. The summed E-state index contributed by atoms with van der Waals surface area (Å²) in [5, 5.41) is 34.1. The van der Waals surface area contributed by atoms with Gasteiger partial charge in [0.15, 0.2) is 6.10 Å². The number of amides is 10. The van der Waals surface area contributed by atoms with Crippen molar-refractivity contribution < 1.29 is 57.8 Å². The molecule has 2 saturated heterocycles. The van der Waals surface area contributed by atoms with E-state index >= 15 is 0 Å². The summed E-state index contributed by atoms with van der Waals surface area (Å²) >= 11 is 0. The highest BCUT2D eigenvalue weighted by Gasteiger charge is 2.55. The van der Waals surface area contributed by atoms with E-state index in [1.165, 1.54) is 37.2 Å². The number of carbonyl (C=O) groups excluding carboxylic acids is 11. The number of nitrogens with one attached hydrogen (secondary N) is 8. The van der Waals surface area contributed by atoms with Crippen molar-refractivity contribution in [2.24, 2.45) is 46.3 Å². The molecular formula is C72H108N14O12. The Morgan fingerprint density at radius 2 is 0.918 bits per heavy atom. The van der Waals surface area contributed by atoms with Crippen molar-refractivity contribution >= 4 is 64.9 Å².